The van der Waals surface area contributed by atoms with Gasteiger partial charge in [-0.25, -0.2) is 0 Å². The van der Waals surface area contributed by atoms with Crippen LogP contribution in [0.15, 0.2) is 77.7 Å². The molecule has 0 radical (unpaired) electrons. The van der Waals surface area contributed by atoms with Gasteiger partial charge in [-0.2, -0.15) is 8.42 Å². The number of nitrogens with zero attached hydrogens (tertiary/aromatic N) is 1. The highest BCUT2D eigenvalue weighted by atomic mass is 35.5. The zero-order chi connectivity index (χ0) is 21.0. The van der Waals surface area contributed by atoms with E-state index < -0.39 is 10.0 Å². The molecule has 0 unspecified atom stereocenters. The van der Waals surface area contributed by atoms with Crippen molar-refractivity contribution < 1.29 is 18.0 Å². The minimum absolute atomic E-state index is 0.0564. The van der Waals surface area contributed by atoms with Gasteiger partial charge in [-0.3, -0.25) is 4.79 Å². The van der Waals surface area contributed by atoms with Crippen LogP contribution in [0.25, 0.3) is 0 Å². The molecule has 0 aliphatic carbocycles. The summed E-state index contributed by atoms with van der Waals surface area (Å²) in [6.07, 6.45) is 0. The van der Waals surface area contributed by atoms with E-state index in [0.717, 1.165) is 4.47 Å². The third-order valence-electron chi connectivity index (χ3n) is 3.90. The standard InChI is InChI=1S/C20H16Cl2N2O4S/c1-23-20(25)14-7-10-17(11-8-14)29(26,27)24(16-5-3-2-4-6-16)28-19-12-9-15(21)13-18(19)22/h2-13H,1H3,(H,23,25). The molecule has 29 heavy (non-hydrogen) atoms. The number of anilines is 1. The molecule has 0 saturated heterocycles. The Morgan fingerprint density at radius 3 is 2.21 bits per heavy atom. The largest absolute Gasteiger partial charge is 0.363 e. The van der Waals surface area contributed by atoms with Crippen LogP contribution in [-0.4, -0.2) is 21.4 Å². The Morgan fingerprint density at radius 2 is 1.62 bits per heavy atom. The maximum atomic E-state index is 13.3. The SMILES string of the molecule is CNC(=O)c1ccc(S(=O)(=O)N(Oc2ccc(Cl)cc2Cl)c2ccccc2)cc1. The molecule has 6 nitrogen and oxygen atoms in total. The predicted octanol–water partition coefficient (Wildman–Crippen LogP) is 4.54. The summed E-state index contributed by atoms with van der Waals surface area (Å²) >= 11 is 12.1. The molecule has 0 aliphatic heterocycles. The van der Waals surface area contributed by atoms with Crippen LogP contribution in [0.1, 0.15) is 10.4 Å². The summed E-state index contributed by atoms with van der Waals surface area (Å²) < 4.78 is 27.4. The number of carbonyl (C=O) groups is 1. The van der Waals surface area contributed by atoms with Gasteiger partial charge in [-0.15, -0.1) is 0 Å². The first-order valence-electron chi connectivity index (χ1n) is 8.38. The van der Waals surface area contributed by atoms with E-state index in [1.807, 2.05) is 0 Å². The molecule has 0 aromatic heterocycles. The molecule has 150 valence electrons. The Morgan fingerprint density at radius 1 is 0.966 bits per heavy atom. The van der Waals surface area contributed by atoms with E-state index in [9.17, 15) is 13.2 Å². The topological polar surface area (TPSA) is 75.7 Å². The normalized spacial score (nSPS) is 11.0. The van der Waals surface area contributed by atoms with E-state index in [0.29, 0.717) is 10.6 Å². The summed E-state index contributed by atoms with van der Waals surface area (Å²) in [7, 11) is -2.65. The lowest BCUT2D eigenvalue weighted by Crippen LogP contribution is -2.34. The average molecular weight is 451 g/mol. The summed E-state index contributed by atoms with van der Waals surface area (Å²) in [5, 5.41) is 3.03. The van der Waals surface area contributed by atoms with Crippen molar-refractivity contribution in [3.63, 3.8) is 0 Å². The van der Waals surface area contributed by atoms with Gasteiger partial charge in [0.05, 0.1) is 15.6 Å². The molecule has 1 amide bonds. The highest BCUT2D eigenvalue weighted by molar-refractivity contribution is 7.92. The number of amides is 1. The van der Waals surface area contributed by atoms with Gasteiger partial charge < -0.3 is 10.2 Å². The summed E-state index contributed by atoms with van der Waals surface area (Å²) in [6, 6.07) is 18.3. The second kappa shape index (κ2) is 8.73. The van der Waals surface area contributed by atoms with Crippen LogP contribution in [0.5, 0.6) is 5.75 Å². The smallest absolute Gasteiger partial charge is 0.295 e. The number of sulfonamides is 1. The Kier molecular flexibility index (Phi) is 6.32. The van der Waals surface area contributed by atoms with Crippen molar-refractivity contribution >= 4 is 44.8 Å². The number of nitrogens with one attached hydrogen (secondary N) is 1. The zero-order valence-electron chi connectivity index (χ0n) is 15.2. The number of benzene rings is 3. The van der Waals surface area contributed by atoms with Crippen molar-refractivity contribution in [3.8, 4) is 5.75 Å². The van der Waals surface area contributed by atoms with E-state index in [1.165, 1.54) is 49.5 Å². The molecule has 0 atom stereocenters. The first-order chi connectivity index (χ1) is 13.8. The van der Waals surface area contributed by atoms with Gasteiger partial charge in [0.1, 0.15) is 0 Å². The fourth-order valence-electron chi connectivity index (χ4n) is 2.45. The Balaban J connectivity index is 2.04. The van der Waals surface area contributed by atoms with E-state index >= 15 is 0 Å². The minimum atomic E-state index is -4.14. The molecule has 0 bridgehead atoms. The Labute approximate surface area is 178 Å². The van der Waals surface area contributed by atoms with E-state index in [4.69, 9.17) is 28.0 Å². The number of carbonyl (C=O) groups excluding carboxylic acids is 1. The Bertz CT molecular complexity index is 1120. The van der Waals surface area contributed by atoms with Crippen molar-refractivity contribution in [1.82, 2.24) is 5.32 Å². The third-order valence-corrected chi connectivity index (χ3v) is 6.02. The summed E-state index contributed by atoms with van der Waals surface area (Å²) in [5.41, 5.74) is 0.605. The lowest BCUT2D eigenvalue weighted by molar-refractivity contribution is 0.0963. The van der Waals surface area contributed by atoms with Crippen molar-refractivity contribution in [2.45, 2.75) is 4.90 Å². The van der Waals surface area contributed by atoms with E-state index in [1.54, 1.807) is 30.3 Å². The van der Waals surface area contributed by atoms with Crippen LogP contribution in [0.2, 0.25) is 10.0 Å². The van der Waals surface area contributed by atoms with Gasteiger partial charge >= 0.3 is 0 Å². The number of hydrogen-bond acceptors (Lipinski definition) is 4. The van der Waals surface area contributed by atoms with Crippen LogP contribution in [0, 0.1) is 0 Å². The van der Waals surface area contributed by atoms with Crippen LogP contribution >= 0.6 is 23.2 Å². The van der Waals surface area contributed by atoms with Gasteiger partial charge in [0.15, 0.2) is 5.75 Å². The molecule has 3 rings (SSSR count). The third kappa shape index (κ3) is 4.64. The first kappa shape index (κ1) is 21.0. The van der Waals surface area contributed by atoms with E-state index in [-0.39, 0.29) is 27.3 Å². The maximum absolute atomic E-state index is 13.3. The molecule has 0 heterocycles. The van der Waals surface area contributed by atoms with Crippen molar-refractivity contribution in [2.24, 2.45) is 0 Å². The molecular weight excluding hydrogens is 435 g/mol. The number of hydrogen-bond donors (Lipinski definition) is 1. The summed E-state index contributed by atoms with van der Waals surface area (Å²) in [5.74, 6) is -0.205. The summed E-state index contributed by atoms with van der Waals surface area (Å²) in [6.45, 7) is 0. The molecule has 3 aromatic carbocycles. The molecule has 0 saturated carbocycles. The lowest BCUT2D eigenvalue weighted by Gasteiger charge is -2.24. The lowest BCUT2D eigenvalue weighted by atomic mass is 10.2. The quantitative estimate of drug-likeness (QED) is 0.559. The van der Waals surface area contributed by atoms with Gasteiger partial charge in [0.2, 0.25) is 0 Å². The number of rotatable bonds is 6. The first-order valence-corrected chi connectivity index (χ1v) is 10.6. The zero-order valence-corrected chi connectivity index (χ0v) is 17.5. The molecule has 0 spiro atoms. The van der Waals surface area contributed by atoms with Gasteiger partial charge in [0, 0.05) is 17.6 Å². The predicted molar refractivity (Wildman–Crippen MR) is 113 cm³/mol. The molecule has 3 aromatic rings. The fourth-order valence-corrected chi connectivity index (χ4v) is 4.14. The summed E-state index contributed by atoms with van der Waals surface area (Å²) in [4.78, 5) is 17.3. The fraction of sp³-hybridized carbons (Fsp3) is 0.0500. The number of para-hydroxylation sites is 1. The van der Waals surface area contributed by atoms with Gasteiger partial charge in [-0.05, 0) is 54.6 Å². The molecule has 0 aliphatic rings. The van der Waals surface area contributed by atoms with Gasteiger partial charge in [-0.1, -0.05) is 45.9 Å². The molecule has 1 N–H and O–H groups in total. The minimum Gasteiger partial charge on any atom is -0.363 e. The number of halogens is 2. The van der Waals surface area contributed by atoms with Crippen LogP contribution in [0.3, 0.4) is 0 Å². The van der Waals surface area contributed by atoms with Crippen LogP contribution < -0.4 is 14.6 Å². The average Bonchev–Trinajstić information content (AvgIpc) is 2.73. The van der Waals surface area contributed by atoms with E-state index in [2.05, 4.69) is 5.32 Å². The Hall–Kier alpha value is -2.74. The van der Waals surface area contributed by atoms with Crippen LogP contribution in [0.4, 0.5) is 5.69 Å². The second-order valence-corrected chi connectivity index (χ2v) is 8.43. The monoisotopic (exact) mass is 450 g/mol. The van der Waals surface area contributed by atoms with Gasteiger partial charge in [0.25, 0.3) is 15.9 Å². The molecular formula is C20H16Cl2N2O4S. The second-order valence-electron chi connectivity index (χ2n) is 5.84. The molecule has 0 fully saturated rings. The maximum Gasteiger partial charge on any atom is 0.295 e. The van der Waals surface area contributed by atoms with Crippen molar-refractivity contribution in [3.05, 3.63) is 88.4 Å². The van der Waals surface area contributed by atoms with Crippen molar-refractivity contribution in [2.75, 3.05) is 11.5 Å². The highest BCUT2D eigenvalue weighted by Crippen LogP contribution is 2.32. The van der Waals surface area contributed by atoms with Crippen molar-refractivity contribution in [1.29, 1.82) is 0 Å². The van der Waals surface area contributed by atoms with Crippen LogP contribution in [-0.2, 0) is 10.0 Å². The highest BCUT2D eigenvalue weighted by Gasteiger charge is 2.28. The molecule has 9 heteroatoms.